The summed E-state index contributed by atoms with van der Waals surface area (Å²) in [6, 6.07) is 0. The first kappa shape index (κ1) is 8.17. The topological polar surface area (TPSA) is 12.9 Å². The number of aromatic nitrogens is 1. The van der Waals surface area contributed by atoms with E-state index in [9.17, 15) is 4.39 Å². The fraction of sp³-hybridized carbons (Fsp3) is 0.444. The van der Waals surface area contributed by atoms with Crippen LogP contribution in [0.4, 0.5) is 4.39 Å². The number of hydrogen-bond acceptors (Lipinski definition) is 1. The Morgan fingerprint density at radius 2 is 2.25 bits per heavy atom. The molecule has 0 unspecified atom stereocenters. The van der Waals surface area contributed by atoms with E-state index in [1.807, 2.05) is 6.92 Å². The Bertz CT molecular complexity index is 321. The smallest absolute Gasteiger partial charge is 0.227 e. The minimum Gasteiger partial charge on any atom is -0.227 e. The Labute approximate surface area is 79.1 Å². The summed E-state index contributed by atoms with van der Waals surface area (Å²) in [7, 11) is 0. The minimum absolute atomic E-state index is 0.406. The van der Waals surface area contributed by atoms with Crippen molar-refractivity contribution in [3.8, 4) is 0 Å². The van der Waals surface area contributed by atoms with Gasteiger partial charge in [0.1, 0.15) is 0 Å². The van der Waals surface area contributed by atoms with E-state index in [0.717, 1.165) is 5.56 Å². The molecule has 1 saturated carbocycles. The van der Waals surface area contributed by atoms with Crippen LogP contribution in [-0.2, 0) is 0 Å². The van der Waals surface area contributed by atoms with Crippen molar-refractivity contribution in [1.29, 1.82) is 0 Å². The van der Waals surface area contributed by atoms with Gasteiger partial charge < -0.3 is 0 Å². The lowest BCUT2D eigenvalue weighted by Gasteiger charge is -2.05. The van der Waals surface area contributed by atoms with Crippen LogP contribution in [0.2, 0.25) is 0 Å². The van der Waals surface area contributed by atoms with Crippen molar-refractivity contribution in [3.05, 3.63) is 27.7 Å². The molecule has 1 aliphatic carbocycles. The molecule has 0 atom stereocenters. The van der Waals surface area contributed by atoms with Crippen LogP contribution in [0, 0.1) is 12.9 Å². The largest absolute Gasteiger partial charge is 0.227 e. The van der Waals surface area contributed by atoms with Crippen molar-refractivity contribution in [2.45, 2.75) is 25.7 Å². The molecule has 1 aliphatic rings. The maximum Gasteiger partial charge on any atom is 0.227 e. The third kappa shape index (κ3) is 1.26. The molecule has 0 bridgehead atoms. The second-order valence-corrected chi connectivity index (χ2v) is 4.01. The molecule has 0 amide bonds. The van der Waals surface area contributed by atoms with Crippen molar-refractivity contribution < 1.29 is 4.39 Å². The number of pyridine rings is 1. The lowest BCUT2D eigenvalue weighted by molar-refractivity contribution is 0.573. The van der Waals surface area contributed by atoms with Crippen LogP contribution in [0.25, 0.3) is 0 Å². The lowest BCUT2D eigenvalue weighted by Crippen LogP contribution is -1.94. The van der Waals surface area contributed by atoms with Crippen LogP contribution in [0.15, 0.2) is 10.7 Å². The number of nitrogens with zero attached hydrogens (tertiary/aromatic N) is 1. The second-order valence-electron chi connectivity index (χ2n) is 3.22. The van der Waals surface area contributed by atoms with E-state index in [-0.39, 0.29) is 0 Å². The molecule has 0 N–H and O–H groups in total. The van der Waals surface area contributed by atoms with Crippen molar-refractivity contribution in [2.75, 3.05) is 0 Å². The van der Waals surface area contributed by atoms with Crippen LogP contribution < -0.4 is 0 Å². The molecule has 1 nitrogen and oxygen atoms in total. The fourth-order valence-electron chi connectivity index (χ4n) is 1.37. The van der Waals surface area contributed by atoms with Crippen molar-refractivity contribution >= 4 is 15.9 Å². The van der Waals surface area contributed by atoms with Gasteiger partial charge in [-0.15, -0.1) is 0 Å². The number of halogens is 2. The van der Waals surface area contributed by atoms with Gasteiger partial charge in [0.2, 0.25) is 5.95 Å². The van der Waals surface area contributed by atoms with Crippen LogP contribution >= 0.6 is 15.9 Å². The number of rotatable bonds is 1. The quantitative estimate of drug-likeness (QED) is 0.675. The first-order chi connectivity index (χ1) is 5.70. The summed E-state index contributed by atoms with van der Waals surface area (Å²) >= 11 is 3.19. The summed E-state index contributed by atoms with van der Waals surface area (Å²) in [6.45, 7) is 1.93. The van der Waals surface area contributed by atoms with E-state index in [2.05, 4.69) is 20.9 Å². The van der Waals surface area contributed by atoms with E-state index in [4.69, 9.17) is 0 Å². The first-order valence-corrected chi connectivity index (χ1v) is 4.80. The summed E-state index contributed by atoms with van der Waals surface area (Å²) in [5.41, 5.74) is 2.20. The van der Waals surface area contributed by atoms with Gasteiger partial charge in [-0.3, -0.25) is 0 Å². The third-order valence-corrected chi connectivity index (χ3v) is 3.20. The SMILES string of the molecule is Cc1c(C2CC2)cnc(F)c1Br. The van der Waals surface area contributed by atoms with Crippen LogP contribution in [0.3, 0.4) is 0 Å². The van der Waals surface area contributed by atoms with E-state index < -0.39 is 5.95 Å². The Morgan fingerprint density at radius 3 is 2.83 bits per heavy atom. The van der Waals surface area contributed by atoms with Gasteiger partial charge in [-0.25, -0.2) is 4.98 Å². The van der Waals surface area contributed by atoms with Gasteiger partial charge in [-0.1, -0.05) is 0 Å². The zero-order valence-electron chi connectivity index (χ0n) is 6.77. The predicted octanol–water partition coefficient (Wildman–Crippen LogP) is 3.17. The second kappa shape index (κ2) is 2.80. The zero-order valence-corrected chi connectivity index (χ0v) is 8.36. The Morgan fingerprint density at radius 1 is 1.58 bits per heavy atom. The molecular formula is C9H9BrFN. The highest BCUT2D eigenvalue weighted by Gasteiger charge is 2.26. The third-order valence-electron chi connectivity index (χ3n) is 2.28. The van der Waals surface area contributed by atoms with Gasteiger partial charge in [0.15, 0.2) is 0 Å². The van der Waals surface area contributed by atoms with Gasteiger partial charge in [-0.05, 0) is 52.7 Å². The van der Waals surface area contributed by atoms with Gasteiger partial charge in [0, 0.05) is 6.20 Å². The molecule has 1 aromatic rings. The Hall–Kier alpha value is -0.440. The molecule has 0 aromatic carbocycles. The monoisotopic (exact) mass is 229 g/mol. The van der Waals surface area contributed by atoms with Gasteiger partial charge in [0.25, 0.3) is 0 Å². The molecule has 0 spiro atoms. The van der Waals surface area contributed by atoms with Crippen molar-refractivity contribution in [3.63, 3.8) is 0 Å². The molecular weight excluding hydrogens is 221 g/mol. The van der Waals surface area contributed by atoms with Crippen LogP contribution in [0.5, 0.6) is 0 Å². The van der Waals surface area contributed by atoms with Crippen molar-refractivity contribution in [2.24, 2.45) is 0 Å². The Balaban J connectivity index is 2.49. The molecule has 3 heteroatoms. The Kier molecular flexibility index (Phi) is 1.91. The molecule has 0 radical (unpaired) electrons. The molecule has 0 saturated heterocycles. The van der Waals surface area contributed by atoms with E-state index in [0.29, 0.717) is 10.4 Å². The lowest BCUT2D eigenvalue weighted by atomic mass is 10.1. The highest BCUT2D eigenvalue weighted by Crippen LogP contribution is 2.42. The maximum absolute atomic E-state index is 12.9. The van der Waals surface area contributed by atoms with E-state index in [1.54, 1.807) is 6.20 Å². The zero-order chi connectivity index (χ0) is 8.72. The minimum atomic E-state index is -0.406. The van der Waals surface area contributed by atoms with Gasteiger partial charge >= 0.3 is 0 Å². The summed E-state index contributed by atoms with van der Waals surface area (Å²) in [5.74, 6) is 0.228. The number of hydrogen-bond donors (Lipinski definition) is 0. The standard InChI is InChI=1S/C9H9BrFN/c1-5-7(6-2-3-6)4-12-9(11)8(5)10/h4,6H,2-3H2,1H3. The average molecular weight is 230 g/mol. The molecule has 1 heterocycles. The summed E-state index contributed by atoms with van der Waals surface area (Å²) in [4.78, 5) is 3.69. The van der Waals surface area contributed by atoms with Crippen molar-refractivity contribution in [1.82, 2.24) is 4.98 Å². The fourth-order valence-corrected chi connectivity index (χ4v) is 1.70. The van der Waals surface area contributed by atoms with E-state index in [1.165, 1.54) is 18.4 Å². The average Bonchev–Trinajstić information content (AvgIpc) is 2.84. The molecule has 2 rings (SSSR count). The van der Waals surface area contributed by atoms with Crippen LogP contribution in [0.1, 0.15) is 29.9 Å². The first-order valence-electron chi connectivity index (χ1n) is 4.00. The van der Waals surface area contributed by atoms with Gasteiger partial charge in [-0.2, -0.15) is 4.39 Å². The molecule has 0 aliphatic heterocycles. The predicted molar refractivity (Wildman–Crippen MR) is 48.6 cm³/mol. The normalized spacial score (nSPS) is 16.6. The molecule has 1 fully saturated rings. The summed E-state index contributed by atoms with van der Waals surface area (Å²) < 4.78 is 13.4. The highest BCUT2D eigenvalue weighted by molar-refractivity contribution is 9.10. The van der Waals surface area contributed by atoms with Crippen LogP contribution in [-0.4, -0.2) is 4.98 Å². The van der Waals surface area contributed by atoms with Gasteiger partial charge in [0.05, 0.1) is 4.47 Å². The summed E-state index contributed by atoms with van der Waals surface area (Å²) in [6.07, 6.45) is 4.11. The molecule has 64 valence electrons. The molecule has 1 aromatic heterocycles. The highest BCUT2D eigenvalue weighted by atomic mass is 79.9. The van der Waals surface area contributed by atoms with E-state index >= 15 is 0 Å². The summed E-state index contributed by atoms with van der Waals surface area (Å²) in [5, 5.41) is 0. The molecule has 12 heavy (non-hydrogen) atoms. The maximum atomic E-state index is 12.9.